The molecule has 2 aromatic rings. The number of nitrogens with one attached hydrogen (secondary N) is 1. The first-order valence-electron chi connectivity index (χ1n) is 4.84. The van der Waals surface area contributed by atoms with Gasteiger partial charge in [-0.3, -0.25) is 5.10 Å². The molecule has 17 heavy (non-hydrogen) atoms. The summed E-state index contributed by atoms with van der Waals surface area (Å²) < 4.78 is 42.9. The Morgan fingerprint density at radius 1 is 1.29 bits per heavy atom. The molecular weight excluding hydrogens is 237 g/mol. The van der Waals surface area contributed by atoms with Crippen molar-refractivity contribution in [1.29, 1.82) is 0 Å². The third kappa shape index (κ3) is 2.15. The first-order valence-corrected chi connectivity index (χ1v) is 4.84. The third-order valence-corrected chi connectivity index (χ3v) is 2.09. The number of aromatic nitrogens is 4. The molecule has 0 aliphatic heterocycles. The highest BCUT2D eigenvalue weighted by Gasteiger charge is 2.37. The second-order valence-corrected chi connectivity index (χ2v) is 3.76. The summed E-state index contributed by atoms with van der Waals surface area (Å²) in [6.07, 6.45) is -3.52. The van der Waals surface area contributed by atoms with Crippen molar-refractivity contribution in [2.24, 2.45) is 0 Å². The fourth-order valence-corrected chi connectivity index (χ4v) is 1.24. The third-order valence-electron chi connectivity index (χ3n) is 2.09. The molecule has 0 radical (unpaired) electrons. The fraction of sp³-hybridized carbons (Fsp3) is 0.444. The summed E-state index contributed by atoms with van der Waals surface area (Å²) in [5, 5.41) is 12.5. The van der Waals surface area contributed by atoms with Crippen molar-refractivity contribution in [3.05, 3.63) is 17.8 Å². The highest BCUT2D eigenvalue weighted by molar-refractivity contribution is 5.55. The lowest BCUT2D eigenvalue weighted by Crippen LogP contribution is -2.07. The van der Waals surface area contributed by atoms with Crippen LogP contribution < -0.4 is 0 Å². The van der Waals surface area contributed by atoms with Gasteiger partial charge in [-0.1, -0.05) is 13.8 Å². The van der Waals surface area contributed by atoms with Gasteiger partial charge in [0, 0.05) is 5.92 Å². The van der Waals surface area contributed by atoms with Crippen LogP contribution in [0.3, 0.4) is 0 Å². The first kappa shape index (κ1) is 11.6. The average molecular weight is 246 g/mol. The Morgan fingerprint density at radius 3 is 2.53 bits per heavy atom. The minimum absolute atomic E-state index is 0.0440. The van der Waals surface area contributed by atoms with Crippen LogP contribution in [0.25, 0.3) is 11.5 Å². The molecule has 0 atom stereocenters. The van der Waals surface area contributed by atoms with Gasteiger partial charge in [0.1, 0.15) is 0 Å². The molecular formula is C9H9F3N4O. The van der Waals surface area contributed by atoms with Crippen molar-refractivity contribution in [1.82, 2.24) is 20.4 Å². The standard InChI is InChI=1S/C9H9F3N4O/c1-4(2)7-15-16-8(17-7)5-3-13-14-6(5)9(10,11)12/h3-4H,1-2H3,(H,13,14). The maximum absolute atomic E-state index is 12.6. The summed E-state index contributed by atoms with van der Waals surface area (Å²) in [6, 6.07) is 0. The van der Waals surface area contributed by atoms with Crippen molar-refractivity contribution in [3.8, 4) is 11.5 Å². The van der Waals surface area contributed by atoms with Gasteiger partial charge in [-0.25, -0.2) is 0 Å². The molecule has 0 aliphatic carbocycles. The van der Waals surface area contributed by atoms with Gasteiger partial charge in [0.05, 0.1) is 11.8 Å². The summed E-state index contributed by atoms with van der Waals surface area (Å²) in [6.45, 7) is 3.61. The van der Waals surface area contributed by atoms with Gasteiger partial charge in [-0.15, -0.1) is 10.2 Å². The normalized spacial score (nSPS) is 12.4. The van der Waals surface area contributed by atoms with E-state index in [9.17, 15) is 13.2 Å². The highest BCUT2D eigenvalue weighted by atomic mass is 19.4. The molecule has 2 heterocycles. The smallest absolute Gasteiger partial charge is 0.420 e. The van der Waals surface area contributed by atoms with E-state index < -0.39 is 11.9 Å². The van der Waals surface area contributed by atoms with Crippen LogP contribution in [0.4, 0.5) is 13.2 Å². The molecule has 0 fully saturated rings. The van der Waals surface area contributed by atoms with E-state index in [0.717, 1.165) is 6.20 Å². The molecule has 92 valence electrons. The number of aromatic amines is 1. The van der Waals surface area contributed by atoms with Crippen LogP contribution in [0, 0.1) is 0 Å². The van der Waals surface area contributed by atoms with Crippen molar-refractivity contribution < 1.29 is 17.6 Å². The second-order valence-electron chi connectivity index (χ2n) is 3.76. The summed E-state index contributed by atoms with van der Waals surface area (Å²) >= 11 is 0. The molecule has 2 aromatic heterocycles. The quantitative estimate of drug-likeness (QED) is 0.884. The maximum Gasteiger partial charge on any atom is 0.433 e. The molecule has 0 aliphatic rings. The molecule has 1 N–H and O–H groups in total. The predicted octanol–water partition coefficient (Wildman–Crippen LogP) is 2.60. The van der Waals surface area contributed by atoms with Gasteiger partial charge in [0.25, 0.3) is 5.89 Å². The van der Waals surface area contributed by atoms with Crippen LogP contribution in [0.1, 0.15) is 31.4 Å². The Hall–Kier alpha value is -1.86. The van der Waals surface area contributed by atoms with Crippen LogP contribution in [-0.4, -0.2) is 20.4 Å². The number of nitrogens with zero attached hydrogens (tertiary/aromatic N) is 3. The van der Waals surface area contributed by atoms with Crippen molar-refractivity contribution in [2.45, 2.75) is 25.9 Å². The van der Waals surface area contributed by atoms with E-state index >= 15 is 0 Å². The van der Waals surface area contributed by atoms with E-state index in [2.05, 4.69) is 15.3 Å². The summed E-state index contributed by atoms with van der Waals surface area (Å²) in [5.41, 5.74) is -1.23. The number of alkyl halides is 3. The maximum atomic E-state index is 12.6. The molecule has 2 rings (SSSR count). The lowest BCUT2D eigenvalue weighted by atomic mass is 10.2. The fourth-order valence-electron chi connectivity index (χ4n) is 1.24. The Morgan fingerprint density at radius 2 is 2.00 bits per heavy atom. The van der Waals surface area contributed by atoms with E-state index in [1.165, 1.54) is 0 Å². The number of hydrogen-bond donors (Lipinski definition) is 1. The largest absolute Gasteiger partial charge is 0.433 e. The minimum atomic E-state index is -4.53. The van der Waals surface area contributed by atoms with E-state index in [4.69, 9.17) is 4.42 Å². The molecule has 0 aromatic carbocycles. The number of halogens is 3. The van der Waals surface area contributed by atoms with Crippen molar-refractivity contribution in [3.63, 3.8) is 0 Å². The van der Waals surface area contributed by atoms with Crippen molar-refractivity contribution in [2.75, 3.05) is 0 Å². The van der Waals surface area contributed by atoms with Gasteiger partial charge in [0.2, 0.25) is 5.89 Å². The molecule has 0 unspecified atom stereocenters. The topological polar surface area (TPSA) is 67.6 Å². The molecule has 5 nitrogen and oxygen atoms in total. The zero-order valence-electron chi connectivity index (χ0n) is 9.04. The zero-order valence-corrected chi connectivity index (χ0v) is 9.04. The minimum Gasteiger partial charge on any atom is -0.420 e. The van der Waals surface area contributed by atoms with Crippen LogP contribution in [0.5, 0.6) is 0 Å². The molecule has 8 heteroatoms. The van der Waals surface area contributed by atoms with Crippen LogP contribution >= 0.6 is 0 Å². The second kappa shape index (κ2) is 3.86. The number of rotatable bonds is 2. The summed E-state index contributed by atoms with van der Waals surface area (Å²) in [4.78, 5) is 0. The van der Waals surface area contributed by atoms with Gasteiger partial charge in [-0.2, -0.15) is 18.3 Å². The van der Waals surface area contributed by atoms with Crippen LogP contribution in [-0.2, 0) is 6.18 Å². The van der Waals surface area contributed by atoms with Gasteiger partial charge >= 0.3 is 6.18 Å². The van der Waals surface area contributed by atoms with E-state index in [-0.39, 0.29) is 23.3 Å². The van der Waals surface area contributed by atoms with E-state index in [1.807, 2.05) is 5.10 Å². The van der Waals surface area contributed by atoms with Gasteiger partial charge < -0.3 is 4.42 Å². The molecule has 0 saturated carbocycles. The van der Waals surface area contributed by atoms with Gasteiger partial charge in [0.15, 0.2) is 5.69 Å². The number of H-pyrrole nitrogens is 1. The van der Waals surface area contributed by atoms with Crippen LogP contribution in [0.2, 0.25) is 0 Å². The van der Waals surface area contributed by atoms with E-state index in [0.29, 0.717) is 0 Å². The van der Waals surface area contributed by atoms with E-state index in [1.54, 1.807) is 13.8 Å². The van der Waals surface area contributed by atoms with Crippen molar-refractivity contribution >= 4 is 0 Å². The first-order chi connectivity index (χ1) is 7.89. The predicted molar refractivity (Wildman–Crippen MR) is 51.0 cm³/mol. The Labute approximate surface area is 94.0 Å². The molecule has 0 amide bonds. The Balaban J connectivity index is 2.43. The summed E-state index contributed by atoms with van der Waals surface area (Å²) in [5.74, 6) is 0.0570. The number of hydrogen-bond acceptors (Lipinski definition) is 4. The molecule has 0 bridgehead atoms. The lowest BCUT2D eigenvalue weighted by molar-refractivity contribution is -0.140. The summed E-state index contributed by atoms with van der Waals surface area (Å²) in [7, 11) is 0. The average Bonchev–Trinajstić information content (AvgIpc) is 2.85. The molecule has 0 spiro atoms. The monoisotopic (exact) mass is 246 g/mol. The Kier molecular flexibility index (Phi) is 2.64. The lowest BCUT2D eigenvalue weighted by Gasteiger charge is -2.03. The zero-order chi connectivity index (χ0) is 12.6. The van der Waals surface area contributed by atoms with Gasteiger partial charge in [-0.05, 0) is 0 Å². The Bertz CT molecular complexity index is 514. The van der Waals surface area contributed by atoms with Crippen LogP contribution in [0.15, 0.2) is 10.6 Å². The SMILES string of the molecule is CC(C)c1nnc(-c2cn[nH]c2C(F)(F)F)o1. The molecule has 0 saturated heterocycles. The highest BCUT2D eigenvalue weighted by Crippen LogP contribution is 2.35.